The zero-order valence-corrected chi connectivity index (χ0v) is 24.6. The SMILES string of the molecule is Cc1ccccc1-c1cc2c(s1)-c1ccccc1C2n1ccnc1.O=S(=O)(O)c1cccc2c(S(=O)(=O)O)cccc12. The van der Waals surface area contributed by atoms with Crippen molar-refractivity contribution >= 4 is 42.3 Å². The number of aromatic nitrogens is 2. The lowest BCUT2D eigenvalue weighted by molar-refractivity contribution is 0.481. The molecule has 1 aliphatic carbocycles. The Hall–Kier alpha value is -4.13. The highest BCUT2D eigenvalue weighted by atomic mass is 32.2. The van der Waals surface area contributed by atoms with Crippen molar-refractivity contribution in [2.75, 3.05) is 0 Å². The Balaban J connectivity index is 0.000000158. The van der Waals surface area contributed by atoms with Crippen molar-refractivity contribution < 1.29 is 25.9 Å². The van der Waals surface area contributed by atoms with Gasteiger partial charge in [0.05, 0.1) is 12.4 Å². The highest BCUT2D eigenvalue weighted by Gasteiger charge is 2.32. The summed E-state index contributed by atoms with van der Waals surface area (Å²) in [5.74, 6) is 0. The quantitative estimate of drug-likeness (QED) is 0.207. The van der Waals surface area contributed by atoms with Gasteiger partial charge in [-0.3, -0.25) is 9.11 Å². The molecule has 0 saturated heterocycles. The molecule has 2 N–H and O–H groups in total. The minimum atomic E-state index is -4.47. The molecule has 8 nitrogen and oxygen atoms in total. The van der Waals surface area contributed by atoms with Gasteiger partial charge in [0, 0.05) is 32.9 Å². The van der Waals surface area contributed by atoms with Crippen molar-refractivity contribution in [3.05, 3.63) is 126 Å². The molecule has 7 rings (SSSR count). The zero-order chi connectivity index (χ0) is 29.6. The first-order chi connectivity index (χ1) is 20.0. The Morgan fingerprint density at radius 3 is 1.90 bits per heavy atom. The van der Waals surface area contributed by atoms with Crippen molar-refractivity contribution in [2.24, 2.45) is 0 Å². The van der Waals surface area contributed by atoms with E-state index in [4.69, 9.17) is 9.11 Å². The highest BCUT2D eigenvalue weighted by molar-refractivity contribution is 7.86. The van der Waals surface area contributed by atoms with Crippen LogP contribution in [0.25, 0.3) is 31.7 Å². The summed E-state index contributed by atoms with van der Waals surface area (Å²) in [6, 6.07) is 27.5. The number of benzene rings is 4. The van der Waals surface area contributed by atoms with E-state index in [0.29, 0.717) is 0 Å². The van der Waals surface area contributed by atoms with Gasteiger partial charge >= 0.3 is 0 Å². The van der Waals surface area contributed by atoms with Crippen LogP contribution in [-0.2, 0) is 20.2 Å². The first kappa shape index (κ1) is 28.0. The minimum Gasteiger partial charge on any atom is -0.326 e. The number of fused-ring (bicyclic) bond motifs is 4. The van der Waals surface area contributed by atoms with Crippen LogP contribution in [0, 0.1) is 6.92 Å². The summed E-state index contributed by atoms with van der Waals surface area (Å²) < 4.78 is 64.9. The fourth-order valence-corrected chi connectivity index (χ4v) is 8.10. The molecule has 4 aromatic carbocycles. The number of hydrogen-bond donors (Lipinski definition) is 2. The molecule has 0 radical (unpaired) electrons. The smallest absolute Gasteiger partial charge is 0.295 e. The number of aryl methyl sites for hydroxylation is 1. The van der Waals surface area contributed by atoms with Crippen molar-refractivity contribution in [1.82, 2.24) is 9.55 Å². The van der Waals surface area contributed by atoms with Gasteiger partial charge in [0.25, 0.3) is 20.2 Å². The van der Waals surface area contributed by atoms with Crippen LogP contribution in [0.3, 0.4) is 0 Å². The molecule has 212 valence electrons. The van der Waals surface area contributed by atoms with Crippen LogP contribution in [0.4, 0.5) is 0 Å². The lowest BCUT2D eigenvalue weighted by Crippen LogP contribution is -2.06. The molecule has 0 saturated carbocycles. The molecule has 0 bridgehead atoms. The second-order valence-corrected chi connectivity index (χ2v) is 13.6. The number of thiophene rings is 1. The topological polar surface area (TPSA) is 127 Å². The molecule has 2 heterocycles. The van der Waals surface area contributed by atoms with E-state index in [1.54, 1.807) is 0 Å². The third-order valence-corrected chi connectivity index (χ3v) is 10.2. The Morgan fingerprint density at radius 1 is 0.738 bits per heavy atom. The van der Waals surface area contributed by atoms with E-state index in [9.17, 15) is 16.8 Å². The maximum Gasteiger partial charge on any atom is 0.295 e. The molecule has 1 unspecified atom stereocenters. The normalized spacial score (nSPS) is 14.2. The lowest BCUT2D eigenvalue weighted by Gasteiger charge is -2.14. The van der Waals surface area contributed by atoms with E-state index in [-0.39, 0.29) is 16.8 Å². The lowest BCUT2D eigenvalue weighted by atomic mass is 10.0. The molecule has 42 heavy (non-hydrogen) atoms. The molecule has 0 aliphatic heterocycles. The van der Waals surface area contributed by atoms with Gasteiger partial charge in [-0.15, -0.1) is 11.3 Å². The average Bonchev–Trinajstić information content (AvgIpc) is 3.69. The maximum atomic E-state index is 11.2. The largest absolute Gasteiger partial charge is 0.326 e. The maximum absolute atomic E-state index is 11.2. The Kier molecular flexibility index (Phi) is 7.08. The molecular formula is C31H24N2O6S3. The molecule has 0 spiro atoms. The van der Waals surface area contributed by atoms with Gasteiger partial charge < -0.3 is 4.57 Å². The van der Waals surface area contributed by atoms with E-state index >= 15 is 0 Å². The van der Waals surface area contributed by atoms with Crippen LogP contribution >= 0.6 is 11.3 Å². The summed E-state index contributed by atoms with van der Waals surface area (Å²) in [5, 5.41) is 0.0465. The molecule has 1 atom stereocenters. The first-order valence-corrected chi connectivity index (χ1v) is 16.5. The van der Waals surface area contributed by atoms with E-state index in [2.05, 4.69) is 77.3 Å². The van der Waals surface area contributed by atoms with Crippen LogP contribution in [0.1, 0.15) is 22.7 Å². The predicted molar refractivity (Wildman–Crippen MR) is 163 cm³/mol. The van der Waals surface area contributed by atoms with Crippen LogP contribution in [-0.4, -0.2) is 35.5 Å². The van der Waals surface area contributed by atoms with Crippen molar-refractivity contribution in [2.45, 2.75) is 22.8 Å². The third kappa shape index (κ3) is 5.06. The molecule has 11 heteroatoms. The minimum absolute atomic E-state index is 0.0233. The fourth-order valence-electron chi connectivity index (χ4n) is 5.36. The summed E-state index contributed by atoms with van der Waals surface area (Å²) in [5.41, 5.74) is 6.77. The third-order valence-electron chi connectivity index (χ3n) is 7.19. The molecule has 6 aromatic rings. The van der Waals surface area contributed by atoms with E-state index in [1.807, 2.05) is 23.9 Å². The van der Waals surface area contributed by atoms with Crippen LogP contribution in [0.15, 0.2) is 120 Å². The fraction of sp³-hybridized carbons (Fsp3) is 0.0645. The molecule has 0 fully saturated rings. The van der Waals surface area contributed by atoms with Gasteiger partial charge in [-0.05, 0) is 52.9 Å². The van der Waals surface area contributed by atoms with E-state index < -0.39 is 30.0 Å². The molecule has 2 aromatic heterocycles. The van der Waals surface area contributed by atoms with Crippen molar-refractivity contribution in [3.63, 3.8) is 0 Å². The highest BCUT2D eigenvalue weighted by Crippen LogP contribution is 2.51. The van der Waals surface area contributed by atoms with Gasteiger partial charge in [0.15, 0.2) is 0 Å². The summed E-state index contributed by atoms with van der Waals surface area (Å²) in [7, 11) is -8.94. The number of imidazole rings is 1. The van der Waals surface area contributed by atoms with E-state index in [1.165, 1.54) is 61.8 Å². The summed E-state index contributed by atoms with van der Waals surface area (Å²) >= 11 is 1.90. The molecule has 1 aliphatic rings. The second kappa shape index (κ2) is 10.6. The summed E-state index contributed by atoms with van der Waals surface area (Å²) in [4.78, 5) is 6.17. The van der Waals surface area contributed by atoms with Crippen LogP contribution in [0.2, 0.25) is 0 Å². The van der Waals surface area contributed by atoms with Gasteiger partial charge in [-0.1, -0.05) is 72.8 Å². The summed E-state index contributed by atoms with van der Waals surface area (Å²) in [6.45, 7) is 2.18. The van der Waals surface area contributed by atoms with Crippen molar-refractivity contribution in [3.8, 4) is 20.9 Å². The number of rotatable bonds is 4. The summed E-state index contributed by atoms with van der Waals surface area (Å²) in [6.07, 6.45) is 5.83. The van der Waals surface area contributed by atoms with Crippen molar-refractivity contribution in [1.29, 1.82) is 0 Å². The molecular weight excluding hydrogens is 593 g/mol. The Labute approximate surface area is 247 Å². The van der Waals surface area contributed by atoms with Gasteiger partial charge in [0.1, 0.15) is 9.79 Å². The van der Waals surface area contributed by atoms with Gasteiger partial charge in [-0.25, -0.2) is 4.98 Å². The predicted octanol–water partition coefficient (Wildman–Crippen LogP) is 6.87. The van der Waals surface area contributed by atoms with E-state index in [0.717, 1.165) is 12.1 Å². The first-order valence-electron chi connectivity index (χ1n) is 12.8. The number of hydrogen-bond acceptors (Lipinski definition) is 6. The van der Waals surface area contributed by atoms with Gasteiger partial charge in [0.2, 0.25) is 0 Å². The molecule has 0 amide bonds. The standard InChI is InChI=1S/C21H16N2S.C10H8O6S2/c1-14-6-2-3-7-15(14)19-12-18-20(23-11-10-22-13-23)16-8-4-5-9-17(16)21(18)24-19;11-17(12,13)9-5-1-3-7-8(9)4-2-6-10(7)18(14,15)16/h2-13,20H,1H3;1-6H,(H,11,12,13)(H,14,15,16). The second-order valence-electron chi connectivity index (χ2n) is 9.77. The Morgan fingerprint density at radius 2 is 1.33 bits per heavy atom. The average molecular weight is 617 g/mol. The monoisotopic (exact) mass is 616 g/mol. The van der Waals surface area contributed by atoms with Gasteiger partial charge in [-0.2, -0.15) is 16.8 Å². The number of nitrogens with zero attached hydrogens (tertiary/aromatic N) is 2. The zero-order valence-electron chi connectivity index (χ0n) is 22.1. The Bertz CT molecular complexity index is 2100. The van der Waals surface area contributed by atoms with Crippen LogP contribution < -0.4 is 0 Å². The van der Waals surface area contributed by atoms with Crippen LogP contribution in [0.5, 0.6) is 0 Å².